The standard InChI is InChI=1S/C12H16N4O3S/c1-8-5-10-6-9(12(17)7-14-15-13)3-4-11(10)16(8)20(2,18)19/h3-4,6,8,12,17H,5,7H2,1-2H3. The molecule has 0 fully saturated rings. The maximum Gasteiger partial charge on any atom is 0.232 e. The normalized spacial score (nSPS) is 19.4. The highest BCUT2D eigenvalue weighted by atomic mass is 32.2. The summed E-state index contributed by atoms with van der Waals surface area (Å²) in [7, 11) is -3.31. The number of azide groups is 1. The van der Waals surface area contributed by atoms with Gasteiger partial charge in [-0.1, -0.05) is 17.2 Å². The molecule has 0 saturated carbocycles. The molecule has 0 bridgehead atoms. The second-order valence-corrected chi connectivity index (χ2v) is 6.79. The van der Waals surface area contributed by atoms with Gasteiger partial charge >= 0.3 is 0 Å². The van der Waals surface area contributed by atoms with Crippen molar-refractivity contribution in [3.05, 3.63) is 39.8 Å². The molecule has 7 nitrogen and oxygen atoms in total. The van der Waals surface area contributed by atoms with Crippen molar-refractivity contribution in [2.24, 2.45) is 5.11 Å². The van der Waals surface area contributed by atoms with Crippen LogP contribution < -0.4 is 4.31 Å². The third-order valence-corrected chi connectivity index (χ3v) is 4.59. The molecule has 8 heteroatoms. The van der Waals surface area contributed by atoms with Gasteiger partial charge in [0, 0.05) is 11.0 Å². The van der Waals surface area contributed by atoms with Gasteiger partial charge in [0.1, 0.15) is 0 Å². The molecule has 1 aliphatic heterocycles. The van der Waals surface area contributed by atoms with E-state index >= 15 is 0 Å². The summed E-state index contributed by atoms with van der Waals surface area (Å²) < 4.78 is 25.0. The minimum absolute atomic E-state index is 0.0410. The molecule has 0 spiro atoms. The number of hydrogen-bond acceptors (Lipinski definition) is 4. The number of fused-ring (bicyclic) bond motifs is 1. The molecular weight excluding hydrogens is 280 g/mol. The van der Waals surface area contributed by atoms with Gasteiger partial charge in [-0.15, -0.1) is 0 Å². The van der Waals surface area contributed by atoms with E-state index in [9.17, 15) is 13.5 Å². The Labute approximate surface area is 117 Å². The van der Waals surface area contributed by atoms with Crippen LogP contribution in [-0.2, 0) is 16.4 Å². The first kappa shape index (κ1) is 14.6. The van der Waals surface area contributed by atoms with Crippen molar-refractivity contribution in [1.82, 2.24) is 0 Å². The third-order valence-electron chi connectivity index (χ3n) is 3.32. The van der Waals surface area contributed by atoms with Crippen molar-refractivity contribution >= 4 is 15.7 Å². The molecule has 1 aromatic carbocycles. The first-order chi connectivity index (χ1) is 9.34. The van der Waals surface area contributed by atoms with Crippen LogP contribution in [0.25, 0.3) is 10.4 Å². The van der Waals surface area contributed by atoms with Crippen molar-refractivity contribution in [3.8, 4) is 0 Å². The van der Waals surface area contributed by atoms with Crippen LogP contribution >= 0.6 is 0 Å². The summed E-state index contributed by atoms with van der Waals surface area (Å²) in [5, 5.41) is 13.2. The molecule has 0 aliphatic carbocycles. The molecule has 1 aliphatic rings. The van der Waals surface area contributed by atoms with Crippen LogP contribution in [0, 0.1) is 0 Å². The van der Waals surface area contributed by atoms with Crippen molar-refractivity contribution in [1.29, 1.82) is 0 Å². The Balaban J connectivity index is 2.36. The van der Waals surface area contributed by atoms with Crippen LogP contribution in [0.2, 0.25) is 0 Å². The van der Waals surface area contributed by atoms with E-state index in [-0.39, 0.29) is 12.6 Å². The van der Waals surface area contributed by atoms with Crippen molar-refractivity contribution in [3.63, 3.8) is 0 Å². The number of aliphatic hydroxyl groups excluding tert-OH is 1. The molecule has 2 atom stereocenters. The van der Waals surface area contributed by atoms with Crippen molar-refractivity contribution in [2.75, 3.05) is 17.1 Å². The van der Waals surface area contributed by atoms with E-state index in [2.05, 4.69) is 10.0 Å². The summed E-state index contributed by atoms with van der Waals surface area (Å²) in [6.45, 7) is 1.80. The first-order valence-electron chi connectivity index (χ1n) is 6.15. The van der Waals surface area contributed by atoms with Gasteiger partial charge < -0.3 is 5.11 Å². The molecule has 2 rings (SSSR count). The molecule has 0 saturated heterocycles. The summed E-state index contributed by atoms with van der Waals surface area (Å²) in [6, 6.07) is 4.99. The Hall–Kier alpha value is -1.76. The number of aliphatic hydroxyl groups is 1. The molecular formula is C12H16N4O3S. The lowest BCUT2D eigenvalue weighted by atomic mass is 10.0. The first-order valence-corrected chi connectivity index (χ1v) is 8.00. The zero-order valence-electron chi connectivity index (χ0n) is 11.3. The van der Waals surface area contributed by atoms with E-state index < -0.39 is 16.1 Å². The molecule has 0 radical (unpaired) electrons. The van der Waals surface area contributed by atoms with E-state index in [1.165, 1.54) is 10.6 Å². The SMILES string of the molecule is CC1Cc2cc(C(O)CN=[N+]=[N-])ccc2N1S(C)(=O)=O. The lowest BCUT2D eigenvalue weighted by Crippen LogP contribution is -2.34. The third kappa shape index (κ3) is 2.72. The van der Waals surface area contributed by atoms with E-state index in [4.69, 9.17) is 5.53 Å². The quantitative estimate of drug-likeness (QED) is 0.519. The van der Waals surface area contributed by atoms with Gasteiger partial charge in [0.05, 0.1) is 24.6 Å². The van der Waals surface area contributed by atoms with Gasteiger partial charge in [0.2, 0.25) is 10.0 Å². The fourth-order valence-corrected chi connectivity index (χ4v) is 3.82. The fourth-order valence-electron chi connectivity index (χ4n) is 2.55. The Kier molecular flexibility index (Phi) is 3.89. The summed E-state index contributed by atoms with van der Waals surface area (Å²) in [4.78, 5) is 2.61. The zero-order chi connectivity index (χ0) is 14.9. The second-order valence-electron chi connectivity index (χ2n) is 4.93. The Morgan fingerprint density at radius 2 is 2.30 bits per heavy atom. The summed E-state index contributed by atoms with van der Waals surface area (Å²) in [5.74, 6) is 0. The second kappa shape index (κ2) is 5.32. The van der Waals surface area contributed by atoms with Crippen LogP contribution in [0.5, 0.6) is 0 Å². The number of anilines is 1. The van der Waals surface area contributed by atoms with Crippen LogP contribution in [0.3, 0.4) is 0 Å². The highest BCUT2D eigenvalue weighted by Gasteiger charge is 2.32. The number of benzene rings is 1. The average Bonchev–Trinajstić information content (AvgIpc) is 2.70. The topological polar surface area (TPSA) is 106 Å². The van der Waals surface area contributed by atoms with Gasteiger partial charge in [-0.05, 0) is 36.1 Å². The van der Waals surface area contributed by atoms with Gasteiger partial charge in [0.15, 0.2) is 0 Å². The van der Waals surface area contributed by atoms with E-state index in [0.717, 1.165) is 5.56 Å². The summed E-state index contributed by atoms with van der Waals surface area (Å²) in [5.41, 5.74) is 10.4. The molecule has 1 N–H and O–H groups in total. The lowest BCUT2D eigenvalue weighted by molar-refractivity contribution is 0.186. The van der Waals surface area contributed by atoms with Crippen molar-refractivity contribution in [2.45, 2.75) is 25.5 Å². The van der Waals surface area contributed by atoms with Crippen LogP contribution in [0.4, 0.5) is 5.69 Å². The predicted molar refractivity (Wildman–Crippen MR) is 75.9 cm³/mol. The highest BCUT2D eigenvalue weighted by molar-refractivity contribution is 7.92. The molecule has 0 aromatic heterocycles. The van der Waals surface area contributed by atoms with Gasteiger partial charge in [-0.3, -0.25) is 4.31 Å². The number of rotatable bonds is 4. The fraction of sp³-hybridized carbons (Fsp3) is 0.500. The van der Waals surface area contributed by atoms with Crippen LogP contribution in [0.1, 0.15) is 24.2 Å². The maximum atomic E-state index is 11.8. The Morgan fingerprint density at radius 3 is 2.90 bits per heavy atom. The zero-order valence-corrected chi connectivity index (χ0v) is 12.1. The molecule has 20 heavy (non-hydrogen) atoms. The van der Waals surface area contributed by atoms with E-state index in [1.54, 1.807) is 18.2 Å². The van der Waals surface area contributed by atoms with E-state index in [0.29, 0.717) is 17.7 Å². The summed E-state index contributed by atoms with van der Waals surface area (Å²) in [6.07, 6.45) is 0.909. The largest absolute Gasteiger partial charge is 0.388 e. The molecule has 0 amide bonds. The smallest absolute Gasteiger partial charge is 0.232 e. The Bertz CT molecular complexity index is 667. The number of sulfonamides is 1. The van der Waals surface area contributed by atoms with Gasteiger partial charge in [-0.25, -0.2) is 8.42 Å². The van der Waals surface area contributed by atoms with Crippen molar-refractivity contribution < 1.29 is 13.5 Å². The molecule has 2 unspecified atom stereocenters. The Morgan fingerprint density at radius 1 is 1.60 bits per heavy atom. The van der Waals surface area contributed by atoms with Crippen LogP contribution in [0.15, 0.2) is 23.3 Å². The predicted octanol–water partition coefficient (Wildman–Crippen LogP) is 1.74. The lowest BCUT2D eigenvalue weighted by Gasteiger charge is -2.22. The molecule has 1 aromatic rings. The maximum absolute atomic E-state index is 11.8. The van der Waals surface area contributed by atoms with Gasteiger partial charge in [-0.2, -0.15) is 0 Å². The average molecular weight is 296 g/mol. The van der Waals surface area contributed by atoms with E-state index in [1.807, 2.05) is 6.92 Å². The number of hydrogen-bond donors (Lipinski definition) is 1. The molecule has 108 valence electrons. The van der Waals surface area contributed by atoms with Crippen LogP contribution in [-0.4, -0.2) is 32.4 Å². The summed E-state index contributed by atoms with van der Waals surface area (Å²) >= 11 is 0. The number of nitrogens with zero attached hydrogens (tertiary/aromatic N) is 4. The minimum Gasteiger partial charge on any atom is -0.388 e. The minimum atomic E-state index is -3.31. The highest BCUT2D eigenvalue weighted by Crippen LogP contribution is 2.35. The monoisotopic (exact) mass is 296 g/mol. The van der Waals surface area contributed by atoms with Gasteiger partial charge in [0.25, 0.3) is 0 Å². The molecule has 1 heterocycles.